The topological polar surface area (TPSA) is 33.5 Å². The van der Waals surface area contributed by atoms with Crippen molar-refractivity contribution in [2.24, 2.45) is 0 Å². The number of hydrogen-bond acceptors (Lipinski definition) is 1. The summed E-state index contributed by atoms with van der Waals surface area (Å²) in [6, 6.07) is 15.1. The minimum absolute atomic E-state index is 0.0390. The lowest BCUT2D eigenvalue weighted by Crippen LogP contribution is -3.13. The van der Waals surface area contributed by atoms with Gasteiger partial charge in [-0.3, -0.25) is 4.79 Å². The highest BCUT2D eigenvalue weighted by molar-refractivity contribution is 5.92. The Morgan fingerprint density at radius 2 is 1.84 bits per heavy atom. The van der Waals surface area contributed by atoms with E-state index < -0.39 is 0 Å². The Kier molecular flexibility index (Phi) is 5.49. The van der Waals surface area contributed by atoms with Crippen molar-refractivity contribution in [2.45, 2.75) is 45.2 Å². The van der Waals surface area contributed by atoms with E-state index in [-0.39, 0.29) is 11.7 Å². The molecule has 1 fully saturated rings. The van der Waals surface area contributed by atoms with Crippen molar-refractivity contribution in [1.82, 2.24) is 0 Å². The second-order valence-electron chi connectivity index (χ2n) is 7.20. The van der Waals surface area contributed by atoms with Crippen LogP contribution in [0.25, 0.3) is 0 Å². The summed E-state index contributed by atoms with van der Waals surface area (Å²) in [7, 11) is 0. The fourth-order valence-corrected chi connectivity index (χ4v) is 3.22. The molecule has 3 nitrogen and oxygen atoms in total. The van der Waals surface area contributed by atoms with Gasteiger partial charge in [-0.2, -0.15) is 0 Å². The number of carbonyl (C=O) groups excluding carboxylic acids is 1. The summed E-state index contributed by atoms with van der Waals surface area (Å²) in [5.41, 5.74) is 3.13. The number of hydrogen-bond donors (Lipinski definition) is 2. The number of nitrogens with one attached hydrogen (secondary N) is 2. The summed E-state index contributed by atoms with van der Waals surface area (Å²) in [6.07, 6.45) is 2.32. The summed E-state index contributed by atoms with van der Waals surface area (Å²) in [5, 5.41) is 3.08. The first-order valence-corrected chi connectivity index (χ1v) is 9.00. The molecule has 2 aromatic rings. The zero-order chi connectivity index (χ0) is 17.8. The Labute approximate surface area is 148 Å². The van der Waals surface area contributed by atoms with Gasteiger partial charge in [0.2, 0.25) is 0 Å². The van der Waals surface area contributed by atoms with E-state index >= 15 is 0 Å². The monoisotopic (exact) mass is 341 g/mol. The molecular formula is C21H26FN2O+. The highest BCUT2D eigenvalue weighted by Gasteiger charge is 2.34. The minimum Gasteiger partial charge on any atom is -0.321 e. The molecule has 2 aromatic carbocycles. The van der Waals surface area contributed by atoms with Gasteiger partial charge in [-0.15, -0.1) is 0 Å². The first-order valence-electron chi connectivity index (χ1n) is 9.00. The number of carbonyl (C=O) groups is 1. The molecule has 1 aliphatic rings. The van der Waals surface area contributed by atoms with E-state index in [1.807, 2.05) is 30.3 Å². The zero-order valence-corrected chi connectivity index (χ0v) is 14.9. The number of benzene rings is 2. The van der Waals surface area contributed by atoms with Gasteiger partial charge in [0.15, 0.2) is 6.54 Å². The molecule has 0 aliphatic heterocycles. The number of anilines is 1. The quantitative estimate of drug-likeness (QED) is 0.797. The Hall–Kier alpha value is -2.20. The highest BCUT2D eigenvalue weighted by Crippen LogP contribution is 2.23. The van der Waals surface area contributed by atoms with Gasteiger partial charge < -0.3 is 10.2 Å². The fourth-order valence-electron chi connectivity index (χ4n) is 3.22. The standard InChI is InChI=1S/C21H25FN2O/c1-15(2)19-5-3-4-6-20(19)23-21(25)14-24(18-11-12-18)13-16-7-9-17(22)10-8-16/h3-10,15,18H,11-14H2,1-2H3,(H,23,25)/p+1. The molecule has 25 heavy (non-hydrogen) atoms. The van der Waals surface area contributed by atoms with Gasteiger partial charge >= 0.3 is 0 Å². The van der Waals surface area contributed by atoms with Crippen LogP contribution in [0.2, 0.25) is 0 Å². The number of halogens is 1. The molecule has 0 spiro atoms. The van der Waals surface area contributed by atoms with Crippen LogP contribution in [0.3, 0.4) is 0 Å². The van der Waals surface area contributed by atoms with Gasteiger partial charge in [-0.05, 0) is 29.7 Å². The van der Waals surface area contributed by atoms with Crippen LogP contribution in [0.1, 0.15) is 43.7 Å². The molecule has 0 bridgehead atoms. The van der Waals surface area contributed by atoms with Gasteiger partial charge in [-0.25, -0.2) is 4.39 Å². The van der Waals surface area contributed by atoms with Crippen molar-refractivity contribution in [3.63, 3.8) is 0 Å². The van der Waals surface area contributed by atoms with Gasteiger partial charge in [-0.1, -0.05) is 44.2 Å². The van der Waals surface area contributed by atoms with Crippen LogP contribution in [-0.4, -0.2) is 18.5 Å². The predicted molar refractivity (Wildman–Crippen MR) is 98.1 cm³/mol. The van der Waals surface area contributed by atoms with E-state index in [9.17, 15) is 9.18 Å². The molecular weight excluding hydrogens is 315 g/mol. The smallest absolute Gasteiger partial charge is 0.279 e. The van der Waals surface area contributed by atoms with E-state index in [1.54, 1.807) is 0 Å². The van der Waals surface area contributed by atoms with Gasteiger partial charge in [0.05, 0.1) is 6.04 Å². The lowest BCUT2D eigenvalue weighted by molar-refractivity contribution is -0.916. The molecule has 0 aromatic heterocycles. The third-order valence-electron chi connectivity index (χ3n) is 4.74. The van der Waals surface area contributed by atoms with Crippen molar-refractivity contribution in [3.05, 3.63) is 65.5 Å². The minimum atomic E-state index is -0.222. The summed E-state index contributed by atoms with van der Waals surface area (Å²) < 4.78 is 13.1. The van der Waals surface area contributed by atoms with Crippen molar-refractivity contribution >= 4 is 11.6 Å². The highest BCUT2D eigenvalue weighted by atomic mass is 19.1. The van der Waals surface area contributed by atoms with E-state index in [4.69, 9.17) is 0 Å². The van der Waals surface area contributed by atoms with E-state index in [2.05, 4.69) is 25.2 Å². The number of para-hydroxylation sites is 1. The number of quaternary nitrogens is 1. The molecule has 1 saturated carbocycles. The lowest BCUT2D eigenvalue weighted by atomic mass is 10.0. The second-order valence-corrected chi connectivity index (χ2v) is 7.20. The first kappa shape index (κ1) is 17.6. The molecule has 1 unspecified atom stereocenters. The normalized spacial score (nSPS) is 15.2. The maximum atomic E-state index is 13.1. The molecule has 0 heterocycles. The molecule has 2 N–H and O–H groups in total. The summed E-state index contributed by atoms with van der Waals surface area (Å²) in [5.74, 6) is 0.180. The zero-order valence-electron chi connectivity index (χ0n) is 14.9. The van der Waals surface area contributed by atoms with Crippen LogP contribution in [-0.2, 0) is 11.3 Å². The lowest BCUT2D eigenvalue weighted by Gasteiger charge is -2.20. The third kappa shape index (κ3) is 4.89. The van der Waals surface area contributed by atoms with E-state index in [0.29, 0.717) is 18.5 Å². The Bertz CT molecular complexity index is 723. The average molecular weight is 341 g/mol. The van der Waals surface area contributed by atoms with Crippen LogP contribution >= 0.6 is 0 Å². The van der Waals surface area contributed by atoms with Crippen LogP contribution in [0.5, 0.6) is 0 Å². The van der Waals surface area contributed by atoms with Crippen molar-refractivity contribution in [1.29, 1.82) is 0 Å². The molecule has 3 rings (SSSR count). The molecule has 4 heteroatoms. The van der Waals surface area contributed by atoms with Crippen LogP contribution in [0.4, 0.5) is 10.1 Å². The van der Waals surface area contributed by atoms with Crippen molar-refractivity contribution in [2.75, 3.05) is 11.9 Å². The Balaban J connectivity index is 1.64. The maximum absolute atomic E-state index is 13.1. The van der Waals surface area contributed by atoms with Crippen LogP contribution < -0.4 is 10.2 Å². The molecule has 1 atom stereocenters. The number of amides is 1. The Morgan fingerprint density at radius 1 is 1.16 bits per heavy atom. The summed E-state index contributed by atoms with van der Waals surface area (Å²) in [6.45, 7) is 5.45. The van der Waals surface area contributed by atoms with E-state index in [1.165, 1.54) is 17.0 Å². The SMILES string of the molecule is CC(C)c1ccccc1NC(=O)C[NH+](Cc1ccc(F)cc1)C1CC1. The van der Waals surface area contributed by atoms with Crippen LogP contribution in [0, 0.1) is 5.82 Å². The maximum Gasteiger partial charge on any atom is 0.279 e. The molecule has 1 amide bonds. The van der Waals surface area contributed by atoms with Gasteiger partial charge in [0.1, 0.15) is 12.4 Å². The van der Waals surface area contributed by atoms with Crippen LogP contribution in [0.15, 0.2) is 48.5 Å². The summed E-state index contributed by atoms with van der Waals surface area (Å²) >= 11 is 0. The molecule has 1 aliphatic carbocycles. The van der Waals surface area contributed by atoms with Crippen molar-refractivity contribution < 1.29 is 14.1 Å². The predicted octanol–water partition coefficient (Wildman–Crippen LogP) is 3.14. The van der Waals surface area contributed by atoms with Gasteiger partial charge in [0, 0.05) is 24.1 Å². The second kappa shape index (κ2) is 7.79. The Morgan fingerprint density at radius 3 is 2.48 bits per heavy atom. The molecule has 0 radical (unpaired) electrons. The number of rotatable bonds is 7. The fraction of sp³-hybridized carbons (Fsp3) is 0.381. The largest absolute Gasteiger partial charge is 0.321 e. The van der Waals surface area contributed by atoms with Crippen molar-refractivity contribution in [3.8, 4) is 0 Å². The third-order valence-corrected chi connectivity index (χ3v) is 4.74. The summed E-state index contributed by atoms with van der Waals surface area (Å²) in [4.78, 5) is 13.8. The van der Waals surface area contributed by atoms with E-state index in [0.717, 1.165) is 36.2 Å². The average Bonchev–Trinajstić information content (AvgIpc) is 3.41. The molecule has 0 saturated heterocycles. The first-order chi connectivity index (χ1) is 12.0. The van der Waals surface area contributed by atoms with Gasteiger partial charge in [0.25, 0.3) is 5.91 Å². The molecule has 132 valence electrons.